The summed E-state index contributed by atoms with van der Waals surface area (Å²) in [6.07, 6.45) is 4.07. The molecule has 25 heavy (non-hydrogen) atoms. The van der Waals surface area contributed by atoms with Gasteiger partial charge >= 0.3 is 0 Å². The van der Waals surface area contributed by atoms with Crippen LogP contribution in [0.25, 0.3) is 16.7 Å². The molecular formula is C17H15N5O3. The number of pyridine rings is 1. The van der Waals surface area contributed by atoms with Crippen molar-refractivity contribution in [3.63, 3.8) is 0 Å². The molecule has 0 amide bonds. The molecule has 8 nitrogen and oxygen atoms in total. The molecule has 2 heterocycles. The normalized spacial score (nSPS) is 9.60. The molecule has 0 unspecified atom stereocenters. The van der Waals surface area contributed by atoms with E-state index in [-0.39, 0.29) is 11.2 Å². The lowest BCUT2D eigenvalue weighted by Gasteiger charge is -1.92. The summed E-state index contributed by atoms with van der Waals surface area (Å²) >= 11 is 0. The minimum atomic E-state index is -0.478. The molecule has 0 saturated heterocycles. The van der Waals surface area contributed by atoms with Gasteiger partial charge in [-0.3, -0.25) is 10.1 Å². The number of hydrogen-bond donors (Lipinski definition) is 0. The first kappa shape index (κ1) is 17.7. The maximum Gasteiger partial charge on any atom is 0.271 e. The number of benzene rings is 2. The van der Waals surface area contributed by atoms with Gasteiger partial charge in [0.15, 0.2) is 12.4 Å². The van der Waals surface area contributed by atoms with Crippen molar-refractivity contribution in [2.24, 2.45) is 0 Å². The number of hydrogen-bond acceptors (Lipinski definition) is 4. The number of non-ortho nitro benzene ring substituents is 1. The number of nitrogens with zero attached hydrogens (tertiary/aromatic N) is 5. The van der Waals surface area contributed by atoms with Crippen molar-refractivity contribution < 1.29 is 15.0 Å². The van der Waals surface area contributed by atoms with Crippen LogP contribution < -0.4 is 9.78 Å². The van der Waals surface area contributed by atoms with Crippen molar-refractivity contribution in [3.8, 4) is 5.69 Å². The second kappa shape index (κ2) is 8.27. The van der Waals surface area contributed by atoms with Crippen molar-refractivity contribution in [1.82, 2.24) is 15.4 Å². The van der Waals surface area contributed by atoms with Gasteiger partial charge in [0.25, 0.3) is 5.69 Å². The maximum atomic E-state index is 10.3. The Kier molecular flexibility index (Phi) is 5.86. The minimum Gasteiger partial charge on any atom is -0.492 e. The Morgan fingerprint density at radius 1 is 0.880 bits per heavy atom. The third kappa shape index (κ3) is 4.43. The number of para-hydroxylation sites is 1. The van der Waals surface area contributed by atoms with E-state index >= 15 is 0 Å². The average molecular weight is 337 g/mol. The van der Waals surface area contributed by atoms with Gasteiger partial charge < -0.3 is 20.9 Å². The van der Waals surface area contributed by atoms with Gasteiger partial charge in [-0.2, -0.15) is 4.57 Å². The van der Waals surface area contributed by atoms with Gasteiger partial charge in [-0.1, -0.05) is 24.3 Å². The van der Waals surface area contributed by atoms with Gasteiger partial charge in [0.1, 0.15) is 0 Å². The van der Waals surface area contributed by atoms with Gasteiger partial charge in [-0.05, 0) is 6.07 Å². The summed E-state index contributed by atoms with van der Waals surface area (Å²) in [7, 11) is 0. The molecule has 8 heteroatoms. The summed E-state index contributed by atoms with van der Waals surface area (Å²) in [5, 5.41) is 20.9. The minimum absolute atomic E-state index is 0. The highest BCUT2D eigenvalue weighted by Crippen LogP contribution is 2.15. The highest BCUT2D eigenvalue weighted by molar-refractivity contribution is 5.76. The first-order valence-electron chi connectivity index (χ1n) is 7.16. The van der Waals surface area contributed by atoms with E-state index in [1.54, 1.807) is 0 Å². The van der Waals surface area contributed by atoms with Crippen LogP contribution in [0.1, 0.15) is 0 Å². The SMILES string of the molecule is O.O=[N+]([O-])c1ccc2n[n-]nc2c1.c1ccc(-[n+]2ccccc2)cc1. The van der Waals surface area contributed by atoms with E-state index in [9.17, 15) is 10.1 Å². The molecular weight excluding hydrogens is 322 g/mol. The van der Waals surface area contributed by atoms with E-state index in [4.69, 9.17) is 0 Å². The highest BCUT2D eigenvalue weighted by Gasteiger charge is 2.05. The molecule has 0 radical (unpaired) electrons. The van der Waals surface area contributed by atoms with Crippen molar-refractivity contribution in [1.29, 1.82) is 0 Å². The molecule has 126 valence electrons. The predicted molar refractivity (Wildman–Crippen MR) is 91.1 cm³/mol. The largest absolute Gasteiger partial charge is 0.492 e. The molecule has 2 N–H and O–H groups in total. The smallest absolute Gasteiger partial charge is 0.271 e. The Morgan fingerprint density at radius 3 is 2.20 bits per heavy atom. The second-order valence-corrected chi connectivity index (χ2v) is 4.84. The zero-order valence-electron chi connectivity index (χ0n) is 13.1. The first-order valence-corrected chi connectivity index (χ1v) is 7.16. The topological polar surface area (TPSA) is 118 Å². The molecule has 0 spiro atoms. The Morgan fingerprint density at radius 2 is 1.52 bits per heavy atom. The monoisotopic (exact) mass is 337 g/mol. The van der Waals surface area contributed by atoms with Crippen molar-refractivity contribution in [2.45, 2.75) is 0 Å². The number of fused-ring (bicyclic) bond motifs is 1. The third-order valence-corrected chi connectivity index (χ3v) is 3.24. The highest BCUT2D eigenvalue weighted by atomic mass is 16.6. The van der Waals surface area contributed by atoms with Crippen LogP contribution in [0, 0.1) is 10.1 Å². The van der Waals surface area contributed by atoms with E-state index in [1.165, 1.54) is 23.9 Å². The van der Waals surface area contributed by atoms with Crippen LogP contribution in [-0.2, 0) is 0 Å². The Hall–Kier alpha value is -3.65. The van der Waals surface area contributed by atoms with Crippen LogP contribution in [0.5, 0.6) is 0 Å². The fourth-order valence-electron chi connectivity index (χ4n) is 2.08. The summed E-state index contributed by atoms with van der Waals surface area (Å²) in [6, 6.07) is 20.6. The molecule has 0 fully saturated rings. The first-order chi connectivity index (χ1) is 11.7. The molecule has 2 aromatic carbocycles. The van der Waals surface area contributed by atoms with Crippen LogP contribution in [-0.4, -0.2) is 20.6 Å². The van der Waals surface area contributed by atoms with E-state index in [0.29, 0.717) is 11.0 Å². The summed E-state index contributed by atoms with van der Waals surface area (Å²) in [5.41, 5.74) is 2.22. The molecule has 0 bridgehead atoms. The molecule has 0 aliphatic heterocycles. The molecule has 4 rings (SSSR count). The lowest BCUT2D eigenvalue weighted by molar-refractivity contribution is -0.595. The van der Waals surface area contributed by atoms with Gasteiger partial charge in [0.2, 0.25) is 5.69 Å². The summed E-state index contributed by atoms with van der Waals surface area (Å²) in [5.74, 6) is 0. The van der Waals surface area contributed by atoms with E-state index in [0.717, 1.165) is 0 Å². The lowest BCUT2D eigenvalue weighted by Crippen LogP contribution is -2.28. The van der Waals surface area contributed by atoms with Gasteiger partial charge in [-0.25, -0.2) is 0 Å². The fraction of sp³-hybridized carbons (Fsp3) is 0. The fourth-order valence-corrected chi connectivity index (χ4v) is 2.08. The molecule has 0 saturated carbocycles. The van der Waals surface area contributed by atoms with Gasteiger partial charge in [0, 0.05) is 36.4 Å². The number of rotatable bonds is 2. The Labute approximate surface area is 142 Å². The molecule has 0 atom stereocenters. The summed E-state index contributed by atoms with van der Waals surface area (Å²) in [6.45, 7) is 0. The zero-order valence-corrected chi connectivity index (χ0v) is 13.1. The van der Waals surface area contributed by atoms with E-state index in [2.05, 4.69) is 32.1 Å². The molecule has 4 aromatic rings. The van der Waals surface area contributed by atoms with Crippen LogP contribution >= 0.6 is 0 Å². The molecule has 0 aliphatic rings. The van der Waals surface area contributed by atoms with Crippen LogP contribution in [0.4, 0.5) is 5.69 Å². The Balaban J connectivity index is 0.000000173. The molecule has 2 aromatic heterocycles. The van der Waals surface area contributed by atoms with Crippen LogP contribution in [0.2, 0.25) is 0 Å². The number of nitro groups is 1. The van der Waals surface area contributed by atoms with Gasteiger partial charge in [-0.15, -0.1) is 0 Å². The average Bonchev–Trinajstić information content (AvgIpc) is 3.11. The predicted octanol–water partition coefficient (Wildman–Crippen LogP) is 1.63. The van der Waals surface area contributed by atoms with Crippen LogP contribution in [0.3, 0.4) is 0 Å². The van der Waals surface area contributed by atoms with E-state index < -0.39 is 4.92 Å². The number of aromatic nitrogens is 4. The Bertz CT molecular complexity index is 905. The standard InChI is InChI=1S/C11H10N.C6H3N4O2.H2O/c1-3-7-11(8-4-1)12-9-5-2-6-10-12;11-10(12)4-1-2-5-6(3-4)8-9-7-5;/h1-10H;1-3H;1H2/q+1;-1;. The number of nitro benzene ring substituents is 1. The quantitative estimate of drug-likeness (QED) is 0.313. The van der Waals surface area contributed by atoms with Crippen LogP contribution in [0.15, 0.2) is 79.1 Å². The lowest BCUT2D eigenvalue weighted by atomic mass is 10.3. The van der Waals surface area contributed by atoms with Crippen molar-refractivity contribution >= 4 is 16.7 Å². The zero-order chi connectivity index (χ0) is 16.8. The second-order valence-electron chi connectivity index (χ2n) is 4.84. The maximum absolute atomic E-state index is 10.3. The third-order valence-electron chi connectivity index (χ3n) is 3.24. The molecule has 0 aliphatic carbocycles. The summed E-state index contributed by atoms with van der Waals surface area (Å²) < 4.78 is 2.08. The van der Waals surface area contributed by atoms with Crippen molar-refractivity contribution in [2.75, 3.05) is 0 Å². The summed E-state index contributed by atoms with van der Waals surface area (Å²) in [4.78, 5) is 9.83. The van der Waals surface area contributed by atoms with Crippen molar-refractivity contribution in [3.05, 3.63) is 89.2 Å². The van der Waals surface area contributed by atoms with E-state index in [1.807, 2.05) is 48.8 Å². The van der Waals surface area contributed by atoms with Gasteiger partial charge in [0.05, 0.1) is 16.0 Å².